The third-order valence-electron chi connectivity index (χ3n) is 3.92. The van der Waals surface area contributed by atoms with Gasteiger partial charge in [-0.25, -0.2) is 24.7 Å². The van der Waals surface area contributed by atoms with Gasteiger partial charge in [-0.2, -0.15) is 26.3 Å². The van der Waals surface area contributed by atoms with Crippen molar-refractivity contribution >= 4 is 29.7 Å². The third-order valence-corrected chi connectivity index (χ3v) is 3.92. The molecule has 0 saturated carbocycles. The highest BCUT2D eigenvalue weighted by molar-refractivity contribution is 5.89. The van der Waals surface area contributed by atoms with Gasteiger partial charge in [0.15, 0.2) is 5.03 Å². The van der Waals surface area contributed by atoms with Gasteiger partial charge in [0.25, 0.3) is 5.96 Å². The molecule has 1 rings (SSSR count). The monoisotopic (exact) mass is 584 g/mol. The summed E-state index contributed by atoms with van der Waals surface area (Å²) in [4.78, 5) is 57.9. The number of nitrogens with zero attached hydrogens (tertiary/aromatic N) is 5. The van der Waals surface area contributed by atoms with E-state index in [-0.39, 0.29) is 25.0 Å². The summed E-state index contributed by atoms with van der Waals surface area (Å²) in [5.41, 5.74) is 20.6. The van der Waals surface area contributed by atoms with Gasteiger partial charge in [0.1, 0.15) is 6.04 Å². The van der Waals surface area contributed by atoms with Crippen LogP contribution in [0.3, 0.4) is 0 Å². The lowest BCUT2D eigenvalue weighted by molar-refractivity contribution is -0.525. The second-order valence-corrected chi connectivity index (χ2v) is 6.90. The van der Waals surface area contributed by atoms with Gasteiger partial charge in [0.2, 0.25) is 11.8 Å². The van der Waals surface area contributed by atoms with Crippen molar-refractivity contribution in [3.05, 3.63) is 20.6 Å². The van der Waals surface area contributed by atoms with Gasteiger partial charge in [-0.15, -0.1) is 0 Å². The molecule has 0 bridgehead atoms. The Balaban J connectivity index is 0. The van der Waals surface area contributed by atoms with Crippen LogP contribution in [0.2, 0.25) is 0 Å². The molecule has 2 amide bonds. The molecule has 1 aliphatic rings. The SMILES string of the molecule is O=C(O)C(F)(F)F.O=C(O)C(F)(F)F.[N-]=[N+]=NC1CN[C@@H](C(=O)N[C@H](CCCN=C(N)N[N+](=O)[O-])C(N)=O)C1. The molecule has 0 aromatic heterocycles. The normalized spacial score (nSPS) is 17.5. The number of nitrogens with two attached hydrogens (primary N) is 2. The molecule has 1 unspecified atom stereocenters. The summed E-state index contributed by atoms with van der Waals surface area (Å²) >= 11 is 0. The number of nitrogens with one attached hydrogen (secondary N) is 3. The quantitative estimate of drug-likeness (QED) is 0.0201. The van der Waals surface area contributed by atoms with Crippen LogP contribution in [0.5, 0.6) is 0 Å². The van der Waals surface area contributed by atoms with Gasteiger partial charge in [-0.3, -0.25) is 9.59 Å². The minimum atomic E-state index is -5.08. The third kappa shape index (κ3) is 18.3. The number of primary amides is 1. The van der Waals surface area contributed by atoms with Crippen molar-refractivity contribution in [3.63, 3.8) is 0 Å². The second kappa shape index (κ2) is 17.0. The summed E-state index contributed by atoms with van der Waals surface area (Å²) in [6, 6.07) is -1.80. The van der Waals surface area contributed by atoms with E-state index in [1.807, 2.05) is 0 Å². The van der Waals surface area contributed by atoms with Gasteiger partial charge < -0.3 is 32.3 Å². The van der Waals surface area contributed by atoms with Crippen molar-refractivity contribution in [2.24, 2.45) is 21.6 Å². The summed E-state index contributed by atoms with van der Waals surface area (Å²) in [5.74, 6) is -7.00. The van der Waals surface area contributed by atoms with Gasteiger partial charge in [0, 0.05) is 18.0 Å². The Morgan fingerprint density at radius 2 is 1.62 bits per heavy atom. The number of aliphatic imine (C=N–C) groups is 1. The molecular weight excluding hydrogens is 562 g/mol. The van der Waals surface area contributed by atoms with Crippen LogP contribution in [-0.4, -0.2) is 88.5 Å². The fourth-order valence-electron chi connectivity index (χ4n) is 2.26. The van der Waals surface area contributed by atoms with Crippen molar-refractivity contribution < 1.29 is 60.8 Å². The first kappa shape index (κ1) is 36.6. The first-order chi connectivity index (χ1) is 17.7. The largest absolute Gasteiger partial charge is 0.490 e. The number of azide groups is 1. The van der Waals surface area contributed by atoms with Gasteiger partial charge in [-0.05, 0) is 24.8 Å². The molecule has 0 radical (unpaired) electrons. The maximum absolute atomic E-state index is 12.1. The van der Waals surface area contributed by atoms with Crippen LogP contribution in [0.4, 0.5) is 26.3 Å². The van der Waals surface area contributed by atoms with Gasteiger partial charge in [-0.1, -0.05) is 10.5 Å². The van der Waals surface area contributed by atoms with Crippen LogP contribution in [0.1, 0.15) is 19.3 Å². The lowest BCUT2D eigenvalue weighted by Gasteiger charge is -2.18. The highest BCUT2D eigenvalue weighted by Gasteiger charge is 2.39. The van der Waals surface area contributed by atoms with Gasteiger partial charge >= 0.3 is 24.3 Å². The van der Waals surface area contributed by atoms with Crippen molar-refractivity contribution in [1.82, 2.24) is 16.1 Å². The summed E-state index contributed by atoms with van der Waals surface area (Å²) in [7, 11) is 0. The zero-order valence-electron chi connectivity index (χ0n) is 19.3. The fraction of sp³-hybridized carbons (Fsp3) is 0.667. The summed E-state index contributed by atoms with van der Waals surface area (Å²) < 4.78 is 63.5. The molecule has 1 saturated heterocycles. The predicted molar refractivity (Wildman–Crippen MR) is 114 cm³/mol. The maximum atomic E-state index is 12.1. The zero-order chi connectivity index (χ0) is 31.0. The summed E-state index contributed by atoms with van der Waals surface area (Å²) in [5, 5.41) is 32.5. The molecule has 0 aliphatic carbocycles. The van der Waals surface area contributed by atoms with Crippen molar-refractivity contribution in [3.8, 4) is 0 Å². The maximum Gasteiger partial charge on any atom is 0.490 e. The van der Waals surface area contributed by atoms with E-state index in [9.17, 15) is 46.0 Å². The number of rotatable bonds is 9. The van der Waals surface area contributed by atoms with E-state index in [0.717, 1.165) is 0 Å². The van der Waals surface area contributed by atoms with Crippen molar-refractivity contribution in [1.29, 1.82) is 0 Å². The number of carboxylic acids is 2. The minimum absolute atomic E-state index is 0.118. The zero-order valence-corrected chi connectivity index (χ0v) is 19.3. The van der Waals surface area contributed by atoms with Crippen molar-refractivity contribution in [2.75, 3.05) is 13.1 Å². The number of amides is 2. The Hall–Kier alpha value is -4.60. The number of hydrazine groups is 1. The standard InChI is InChI=1S/C11H20N10O4.2C2HF3O2/c12-9(22)7(2-1-3-15-11(13)19-21(24)25)17-10(23)8-4-6(5-16-8)18-20-14;2*3-2(4,5)1(6)7/h6-8,16H,1-5H2,(H2,12,22)(H,17,23)(H3,13,15,19);2*(H,6,7)/t6?,7-,8-;;/m1../s1. The highest BCUT2D eigenvalue weighted by atomic mass is 19.4. The number of alkyl halides is 6. The average molecular weight is 584 g/mol. The number of nitro groups is 1. The molecule has 1 heterocycles. The number of aliphatic carboxylic acids is 2. The summed E-state index contributed by atoms with van der Waals surface area (Å²) in [6.07, 6.45) is -9.31. The highest BCUT2D eigenvalue weighted by Crippen LogP contribution is 2.14. The molecule has 0 aromatic carbocycles. The van der Waals surface area contributed by atoms with Crippen LogP contribution in [0.15, 0.2) is 10.1 Å². The molecule has 18 nitrogen and oxygen atoms in total. The average Bonchev–Trinajstić information content (AvgIpc) is 3.23. The van der Waals surface area contributed by atoms with Gasteiger partial charge in [0.05, 0.1) is 12.1 Å². The van der Waals surface area contributed by atoms with Crippen LogP contribution in [0.25, 0.3) is 10.4 Å². The van der Waals surface area contributed by atoms with Crippen LogP contribution in [-0.2, 0) is 19.2 Å². The first-order valence-corrected chi connectivity index (χ1v) is 9.90. The van der Waals surface area contributed by atoms with Crippen LogP contribution in [0, 0.1) is 10.1 Å². The van der Waals surface area contributed by atoms with E-state index < -0.39 is 53.2 Å². The van der Waals surface area contributed by atoms with E-state index in [4.69, 9.17) is 36.8 Å². The molecule has 0 spiro atoms. The molecular formula is C15H22F6N10O8. The molecule has 1 aliphatic heterocycles. The first-order valence-electron chi connectivity index (χ1n) is 9.90. The van der Waals surface area contributed by atoms with E-state index in [0.29, 0.717) is 19.4 Å². The number of carbonyl (C=O) groups excluding carboxylic acids is 2. The number of halogens is 6. The lowest BCUT2D eigenvalue weighted by atomic mass is 10.1. The van der Waals surface area contributed by atoms with Crippen LogP contribution >= 0.6 is 0 Å². The Morgan fingerprint density at radius 1 is 1.13 bits per heavy atom. The molecule has 0 aromatic rings. The molecule has 3 atom stereocenters. The molecule has 222 valence electrons. The number of hydrogen-bond donors (Lipinski definition) is 7. The Kier molecular flexibility index (Phi) is 15.9. The van der Waals surface area contributed by atoms with E-state index in [1.54, 1.807) is 5.43 Å². The molecule has 24 heteroatoms. The minimum Gasteiger partial charge on any atom is -0.475 e. The van der Waals surface area contributed by atoms with E-state index >= 15 is 0 Å². The second-order valence-electron chi connectivity index (χ2n) is 6.90. The number of carboxylic acid groups (broad SMARTS) is 2. The number of carbonyl (C=O) groups is 4. The lowest BCUT2D eigenvalue weighted by Crippen LogP contribution is -2.50. The molecule has 1 fully saturated rings. The number of hydrogen-bond acceptors (Lipinski definition) is 9. The number of guanidine groups is 1. The van der Waals surface area contributed by atoms with E-state index in [2.05, 4.69) is 25.7 Å². The molecule has 39 heavy (non-hydrogen) atoms. The molecule has 9 N–H and O–H groups in total. The van der Waals surface area contributed by atoms with E-state index in [1.165, 1.54) is 0 Å². The Labute approximate surface area is 212 Å². The predicted octanol–water partition coefficient (Wildman–Crippen LogP) is -0.860. The Bertz CT molecular complexity index is 930. The smallest absolute Gasteiger partial charge is 0.475 e. The van der Waals surface area contributed by atoms with Crippen LogP contribution < -0.4 is 27.5 Å². The van der Waals surface area contributed by atoms with Crippen molar-refractivity contribution in [2.45, 2.75) is 49.7 Å². The summed E-state index contributed by atoms with van der Waals surface area (Å²) in [6.45, 7) is 0.494. The fourth-order valence-corrected chi connectivity index (χ4v) is 2.26. The Morgan fingerprint density at radius 3 is 2.00 bits per heavy atom. The topological polar surface area (TPSA) is 301 Å².